The third kappa shape index (κ3) is 6.56. The van der Waals surface area contributed by atoms with E-state index in [-0.39, 0.29) is 18.4 Å². The van der Waals surface area contributed by atoms with Gasteiger partial charge in [0.1, 0.15) is 12.1 Å². The molecule has 1 amide bonds. The first kappa shape index (κ1) is 26.2. The third-order valence-electron chi connectivity index (χ3n) is 6.30. The van der Waals surface area contributed by atoms with Gasteiger partial charge in [-0.05, 0) is 87.5 Å². The Labute approximate surface area is 227 Å². The van der Waals surface area contributed by atoms with Gasteiger partial charge in [-0.1, -0.05) is 0 Å². The normalized spacial score (nSPS) is 13.8. The molecule has 3 aromatic carbocycles. The molecule has 4 aromatic rings. The van der Waals surface area contributed by atoms with Crippen molar-refractivity contribution >= 4 is 39.8 Å². The zero-order valence-corrected chi connectivity index (χ0v) is 22.4. The fourth-order valence-corrected chi connectivity index (χ4v) is 4.44. The van der Waals surface area contributed by atoms with Crippen LogP contribution in [0.1, 0.15) is 31.1 Å². The number of benzene rings is 3. The molecule has 202 valence electrons. The molecule has 2 N–H and O–H groups in total. The number of carbonyl (C=O) groups excluding carboxylic acids is 2. The topological polar surface area (TPSA) is 97.7 Å². The molecular formula is C30H33N5O4. The Bertz CT molecular complexity index is 1450. The molecule has 1 fully saturated rings. The summed E-state index contributed by atoms with van der Waals surface area (Å²) in [6.07, 6.45) is 1.77. The molecule has 0 radical (unpaired) electrons. The van der Waals surface area contributed by atoms with Crippen LogP contribution >= 0.6 is 0 Å². The number of morpholine rings is 1. The molecule has 0 spiro atoms. The number of fused-ring (bicyclic) bond motifs is 1. The van der Waals surface area contributed by atoms with Gasteiger partial charge in [0.2, 0.25) is 0 Å². The molecule has 39 heavy (non-hydrogen) atoms. The summed E-state index contributed by atoms with van der Waals surface area (Å²) in [5, 5.41) is 11.5. The van der Waals surface area contributed by atoms with E-state index in [1.54, 1.807) is 6.20 Å². The van der Waals surface area contributed by atoms with Gasteiger partial charge >= 0.3 is 5.97 Å². The van der Waals surface area contributed by atoms with Crippen LogP contribution in [0, 0.1) is 0 Å². The summed E-state index contributed by atoms with van der Waals surface area (Å²) in [7, 11) is 0. The predicted octanol–water partition coefficient (Wildman–Crippen LogP) is 4.87. The highest BCUT2D eigenvalue weighted by Crippen LogP contribution is 2.24. The van der Waals surface area contributed by atoms with E-state index in [9.17, 15) is 9.59 Å². The molecule has 0 aliphatic carbocycles. The van der Waals surface area contributed by atoms with E-state index >= 15 is 0 Å². The van der Waals surface area contributed by atoms with E-state index in [1.807, 2.05) is 92.2 Å². The van der Waals surface area contributed by atoms with Gasteiger partial charge in [-0.15, -0.1) is 0 Å². The van der Waals surface area contributed by atoms with Gasteiger partial charge in [0.15, 0.2) is 0 Å². The Kier molecular flexibility index (Phi) is 7.51. The van der Waals surface area contributed by atoms with Crippen molar-refractivity contribution in [2.24, 2.45) is 0 Å². The van der Waals surface area contributed by atoms with Crippen LogP contribution in [0.25, 0.3) is 16.6 Å². The number of ether oxygens (including phenoxy) is 2. The van der Waals surface area contributed by atoms with Crippen molar-refractivity contribution < 1.29 is 19.1 Å². The molecule has 0 bridgehead atoms. The highest BCUT2D eigenvalue weighted by atomic mass is 16.6. The molecule has 2 heterocycles. The number of hydrogen-bond donors (Lipinski definition) is 2. The molecule has 1 aliphatic rings. The quantitative estimate of drug-likeness (QED) is 0.331. The lowest BCUT2D eigenvalue weighted by Gasteiger charge is -2.28. The zero-order chi connectivity index (χ0) is 27.4. The number of esters is 1. The van der Waals surface area contributed by atoms with Gasteiger partial charge in [0.25, 0.3) is 5.91 Å². The van der Waals surface area contributed by atoms with Crippen molar-refractivity contribution in [1.82, 2.24) is 9.78 Å². The molecular weight excluding hydrogens is 494 g/mol. The molecule has 0 atom stereocenters. The average molecular weight is 528 g/mol. The molecule has 1 aliphatic heterocycles. The minimum Gasteiger partial charge on any atom is -0.459 e. The maximum absolute atomic E-state index is 12.9. The number of amides is 1. The first-order valence-electron chi connectivity index (χ1n) is 13.0. The number of aromatic nitrogens is 2. The Hall–Kier alpha value is -4.37. The van der Waals surface area contributed by atoms with Gasteiger partial charge in [-0.3, -0.25) is 9.59 Å². The zero-order valence-electron chi connectivity index (χ0n) is 22.4. The van der Waals surface area contributed by atoms with Gasteiger partial charge in [0, 0.05) is 41.1 Å². The van der Waals surface area contributed by atoms with Crippen LogP contribution in [0.2, 0.25) is 0 Å². The largest absolute Gasteiger partial charge is 0.459 e. The van der Waals surface area contributed by atoms with Gasteiger partial charge in [-0.25, -0.2) is 4.68 Å². The molecule has 0 saturated carbocycles. The standard InChI is InChI=1S/C30H33N5O4/c1-30(2,3)39-28(36)20-31-23-6-11-26(12-7-23)35-27-13-8-24(18-22(27)19-32-35)33-29(37)21-4-9-25(10-5-21)34-14-16-38-17-15-34/h4-13,18-19,31H,14-17,20H2,1-3H3,(H,33,37). The first-order chi connectivity index (χ1) is 18.7. The molecule has 9 heteroatoms. The second kappa shape index (κ2) is 11.2. The lowest BCUT2D eigenvalue weighted by molar-refractivity contribution is -0.152. The Morgan fingerprint density at radius 1 is 0.923 bits per heavy atom. The van der Waals surface area contributed by atoms with E-state index in [1.165, 1.54) is 0 Å². The van der Waals surface area contributed by atoms with Crippen molar-refractivity contribution in [2.45, 2.75) is 26.4 Å². The summed E-state index contributed by atoms with van der Waals surface area (Å²) in [6, 6.07) is 21.0. The van der Waals surface area contributed by atoms with Crippen molar-refractivity contribution in [3.63, 3.8) is 0 Å². The minimum absolute atomic E-state index is 0.0911. The van der Waals surface area contributed by atoms with Gasteiger partial charge in [0.05, 0.1) is 30.6 Å². The van der Waals surface area contributed by atoms with Crippen LogP contribution in [0.15, 0.2) is 72.9 Å². The summed E-state index contributed by atoms with van der Waals surface area (Å²) in [5.74, 6) is -0.470. The highest BCUT2D eigenvalue weighted by molar-refractivity contribution is 6.05. The van der Waals surface area contributed by atoms with Crippen molar-refractivity contribution in [2.75, 3.05) is 48.4 Å². The SMILES string of the molecule is CC(C)(C)OC(=O)CNc1ccc(-n2ncc3cc(NC(=O)c4ccc(N5CCOCC5)cc4)ccc32)cc1. The van der Waals surface area contributed by atoms with Crippen LogP contribution in [-0.4, -0.2) is 60.1 Å². The molecule has 0 unspecified atom stereocenters. The van der Waals surface area contributed by atoms with E-state index in [4.69, 9.17) is 9.47 Å². The van der Waals surface area contributed by atoms with Crippen LogP contribution in [0.3, 0.4) is 0 Å². The fraction of sp³-hybridized carbons (Fsp3) is 0.300. The van der Waals surface area contributed by atoms with E-state index in [0.717, 1.165) is 54.3 Å². The summed E-state index contributed by atoms with van der Waals surface area (Å²) in [6.45, 7) is 8.78. The van der Waals surface area contributed by atoms with E-state index in [0.29, 0.717) is 11.3 Å². The average Bonchev–Trinajstić information content (AvgIpc) is 3.35. The van der Waals surface area contributed by atoms with E-state index in [2.05, 4.69) is 20.6 Å². The van der Waals surface area contributed by atoms with Crippen LogP contribution in [0.5, 0.6) is 0 Å². The maximum atomic E-state index is 12.9. The lowest BCUT2D eigenvalue weighted by Crippen LogP contribution is -2.36. The second-order valence-electron chi connectivity index (χ2n) is 10.4. The number of nitrogens with one attached hydrogen (secondary N) is 2. The third-order valence-corrected chi connectivity index (χ3v) is 6.30. The summed E-state index contributed by atoms with van der Waals surface area (Å²) in [5.41, 5.74) is 4.48. The monoisotopic (exact) mass is 527 g/mol. The number of nitrogens with zero attached hydrogens (tertiary/aromatic N) is 3. The van der Waals surface area contributed by atoms with Crippen molar-refractivity contribution in [3.8, 4) is 5.69 Å². The summed E-state index contributed by atoms with van der Waals surface area (Å²) < 4.78 is 12.6. The number of rotatable bonds is 7. The second-order valence-corrected chi connectivity index (χ2v) is 10.4. The van der Waals surface area contributed by atoms with Crippen molar-refractivity contribution in [3.05, 3.63) is 78.5 Å². The Morgan fingerprint density at radius 3 is 2.28 bits per heavy atom. The summed E-state index contributed by atoms with van der Waals surface area (Å²) in [4.78, 5) is 27.1. The van der Waals surface area contributed by atoms with Crippen LogP contribution in [0.4, 0.5) is 17.1 Å². The first-order valence-corrected chi connectivity index (χ1v) is 13.0. The minimum atomic E-state index is -0.513. The number of hydrogen-bond acceptors (Lipinski definition) is 7. The van der Waals surface area contributed by atoms with Crippen LogP contribution < -0.4 is 15.5 Å². The molecule has 1 aromatic heterocycles. The van der Waals surface area contributed by atoms with E-state index < -0.39 is 5.60 Å². The Morgan fingerprint density at radius 2 is 1.59 bits per heavy atom. The predicted molar refractivity (Wildman–Crippen MR) is 153 cm³/mol. The van der Waals surface area contributed by atoms with Gasteiger partial charge < -0.3 is 25.0 Å². The molecule has 5 rings (SSSR count). The maximum Gasteiger partial charge on any atom is 0.325 e. The number of carbonyl (C=O) groups is 2. The smallest absolute Gasteiger partial charge is 0.325 e. The highest BCUT2D eigenvalue weighted by Gasteiger charge is 2.16. The van der Waals surface area contributed by atoms with Crippen LogP contribution in [-0.2, 0) is 14.3 Å². The Balaban J connectivity index is 1.22. The molecule has 1 saturated heterocycles. The number of anilines is 3. The fourth-order valence-electron chi connectivity index (χ4n) is 4.44. The summed E-state index contributed by atoms with van der Waals surface area (Å²) >= 11 is 0. The lowest BCUT2D eigenvalue weighted by atomic mass is 10.1. The molecule has 9 nitrogen and oxygen atoms in total. The van der Waals surface area contributed by atoms with Gasteiger partial charge in [-0.2, -0.15) is 5.10 Å². The van der Waals surface area contributed by atoms with Crippen molar-refractivity contribution in [1.29, 1.82) is 0 Å².